The van der Waals surface area contributed by atoms with E-state index in [9.17, 15) is 0 Å². The molecule has 0 radical (unpaired) electrons. The molecule has 1 aromatic rings. The zero-order valence-corrected chi connectivity index (χ0v) is 10.7. The van der Waals surface area contributed by atoms with Gasteiger partial charge in [-0.05, 0) is 26.0 Å². The zero-order valence-electron chi connectivity index (χ0n) is 10.7. The van der Waals surface area contributed by atoms with E-state index >= 15 is 0 Å². The molecule has 1 saturated heterocycles. The molecule has 0 aliphatic carbocycles. The number of nitrogens with one attached hydrogen (secondary N) is 1. The molecule has 2 atom stereocenters. The molecule has 4 heteroatoms. The number of morpholine rings is 1. The fraction of sp³-hybridized carbons (Fsp3) is 0.692. The predicted molar refractivity (Wildman–Crippen MR) is 66.9 cm³/mol. The minimum Gasteiger partial charge on any atom is -0.468 e. The van der Waals surface area contributed by atoms with E-state index in [1.54, 1.807) is 6.26 Å². The highest BCUT2D eigenvalue weighted by Crippen LogP contribution is 2.09. The summed E-state index contributed by atoms with van der Waals surface area (Å²) in [6.07, 6.45) is 2.41. The molecule has 0 aromatic carbocycles. The second-order valence-corrected chi connectivity index (χ2v) is 4.77. The summed E-state index contributed by atoms with van der Waals surface area (Å²) in [7, 11) is 0. The van der Waals surface area contributed by atoms with Crippen molar-refractivity contribution in [3.05, 3.63) is 24.2 Å². The summed E-state index contributed by atoms with van der Waals surface area (Å²) >= 11 is 0. The number of ether oxygens (including phenoxy) is 1. The van der Waals surface area contributed by atoms with Crippen LogP contribution in [-0.2, 0) is 11.3 Å². The molecule has 0 spiro atoms. The van der Waals surface area contributed by atoms with E-state index in [2.05, 4.69) is 24.1 Å². The first-order chi connectivity index (χ1) is 8.24. The van der Waals surface area contributed by atoms with Gasteiger partial charge < -0.3 is 14.5 Å². The minimum atomic E-state index is 0.351. The Labute approximate surface area is 103 Å². The van der Waals surface area contributed by atoms with Crippen molar-refractivity contribution < 1.29 is 9.15 Å². The molecule has 0 bridgehead atoms. The smallest absolute Gasteiger partial charge is 0.117 e. The Kier molecular flexibility index (Phi) is 4.59. The van der Waals surface area contributed by atoms with Crippen LogP contribution in [0.5, 0.6) is 0 Å². The van der Waals surface area contributed by atoms with Gasteiger partial charge in [-0.3, -0.25) is 4.90 Å². The zero-order chi connectivity index (χ0) is 12.1. The van der Waals surface area contributed by atoms with Crippen LogP contribution in [0, 0.1) is 0 Å². The van der Waals surface area contributed by atoms with Crippen LogP contribution in [0.3, 0.4) is 0 Å². The predicted octanol–water partition coefficient (Wildman–Crippen LogP) is 1.48. The van der Waals surface area contributed by atoms with Crippen molar-refractivity contribution in [1.82, 2.24) is 10.2 Å². The van der Waals surface area contributed by atoms with Gasteiger partial charge in [-0.2, -0.15) is 0 Å². The van der Waals surface area contributed by atoms with Crippen LogP contribution in [0.15, 0.2) is 22.8 Å². The van der Waals surface area contributed by atoms with Gasteiger partial charge in [0.2, 0.25) is 0 Å². The molecule has 0 saturated carbocycles. The maximum Gasteiger partial charge on any atom is 0.117 e. The molecule has 4 nitrogen and oxygen atoms in total. The van der Waals surface area contributed by atoms with Crippen molar-refractivity contribution in [2.75, 3.05) is 26.2 Å². The topological polar surface area (TPSA) is 37.6 Å². The van der Waals surface area contributed by atoms with Crippen molar-refractivity contribution in [1.29, 1.82) is 0 Å². The van der Waals surface area contributed by atoms with E-state index in [0.29, 0.717) is 12.2 Å². The Morgan fingerprint density at radius 2 is 2.12 bits per heavy atom. The molecule has 17 heavy (non-hydrogen) atoms. The van der Waals surface area contributed by atoms with Crippen molar-refractivity contribution in [2.45, 2.75) is 32.6 Å². The summed E-state index contributed by atoms with van der Waals surface area (Å²) in [5, 5.41) is 3.39. The summed E-state index contributed by atoms with van der Waals surface area (Å²) in [5.41, 5.74) is 0. The maximum absolute atomic E-state index is 5.70. The van der Waals surface area contributed by atoms with Crippen LogP contribution >= 0.6 is 0 Å². The largest absolute Gasteiger partial charge is 0.468 e. The Hall–Kier alpha value is -0.840. The second-order valence-electron chi connectivity index (χ2n) is 4.77. The number of furan rings is 1. The molecule has 2 heterocycles. The molecule has 1 N–H and O–H groups in total. The van der Waals surface area contributed by atoms with Gasteiger partial charge >= 0.3 is 0 Å². The molecular weight excluding hydrogens is 216 g/mol. The normalized spacial score (nSPS) is 26.2. The van der Waals surface area contributed by atoms with Gasteiger partial charge in [0.05, 0.1) is 25.0 Å². The van der Waals surface area contributed by atoms with Crippen molar-refractivity contribution in [2.24, 2.45) is 0 Å². The fourth-order valence-electron chi connectivity index (χ4n) is 2.33. The SMILES string of the molecule is C[C@@H]1CN(CCNCc2ccco2)C[C@H](C)O1. The van der Waals surface area contributed by atoms with Crippen molar-refractivity contribution in [3.8, 4) is 0 Å². The summed E-state index contributed by atoms with van der Waals surface area (Å²) in [6, 6.07) is 3.91. The van der Waals surface area contributed by atoms with E-state index in [1.807, 2.05) is 12.1 Å². The number of rotatable bonds is 5. The molecule has 2 rings (SSSR count). The van der Waals surface area contributed by atoms with Crippen molar-refractivity contribution in [3.63, 3.8) is 0 Å². The standard InChI is InChI=1S/C13H22N2O2/c1-11-9-15(10-12(2)17-11)6-5-14-8-13-4-3-7-16-13/h3-4,7,11-12,14H,5-6,8-10H2,1-2H3/t11-,12+. The fourth-order valence-corrected chi connectivity index (χ4v) is 2.33. The molecule has 0 amide bonds. The Morgan fingerprint density at radius 1 is 1.35 bits per heavy atom. The van der Waals surface area contributed by atoms with E-state index in [-0.39, 0.29) is 0 Å². The Balaban J connectivity index is 1.61. The van der Waals surface area contributed by atoms with Gasteiger partial charge in [0, 0.05) is 26.2 Å². The van der Waals surface area contributed by atoms with Crippen molar-refractivity contribution >= 4 is 0 Å². The van der Waals surface area contributed by atoms with Crippen LogP contribution in [0.1, 0.15) is 19.6 Å². The monoisotopic (exact) mass is 238 g/mol. The van der Waals surface area contributed by atoms with Crippen LogP contribution in [0.4, 0.5) is 0 Å². The first-order valence-corrected chi connectivity index (χ1v) is 6.35. The van der Waals surface area contributed by atoms with Crippen LogP contribution < -0.4 is 5.32 Å². The van der Waals surface area contributed by atoms with Gasteiger partial charge in [0.1, 0.15) is 5.76 Å². The lowest BCUT2D eigenvalue weighted by Gasteiger charge is -2.35. The van der Waals surface area contributed by atoms with Gasteiger partial charge in [-0.25, -0.2) is 0 Å². The van der Waals surface area contributed by atoms with Gasteiger partial charge in [-0.15, -0.1) is 0 Å². The Bertz CT molecular complexity index is 303. The maximum atomic E-state index is 5.70. The van der Waals surface area contributed by atoms with Crippen LogP contribution in [-0.4, -0.2) is 43.3 Å². The van der Waals surface area contributed by atoms with Crippen LogP contribution in [0.2, 0.25) is 0 Å². The number of hydrogen-bond donors (Lipinski definition) is 1. The number of nitrogens with zero attached hydrogens (tertiary/aromatic N) is 1. The molecule has 1 aromatic heterocycles. The first-order valence-electron chi connectivity index (χ1n) is 6.35. The quantitative estimate of drug-likeness (QED) is 0.788. The molecule has 1 aliphatic heterocycles. The summed E-state index contributed by atoms with van der Waals surface area (Å²) in [6.45, 7) is 9.21. The van der Waals surface area contributed by atoms with E-state index < -0.39 is 0 Å². The van der Waals surface area contributed by atoms with Gasteiger partial charge in [0.15, 0.2) is 0 Å². The third-order valence-corrected chi connectivity index (χ3v) is 2.98. The molecule has 1 aliphatic rings. The van der Waals surface area contributed by atoms with E-state index in [1.165, 1.54) is 0 Å². The lowest BCUT2D eigenvalue weighted by Crippen LogP contribution is -2.47. The van der Waals surface area contributed by atoms with E-state index in [4.69, 9.17) is 9.15 Å². The average Bonchev–Trinajstić information content (AvgIpc) is 2.76. The minimum absolute atomic E-state index is 0.351. The highest BCUT2D eigenvalue weighted by Gasteiger charge is 2.21. The van der Waals surface area contributed by atoms with E-state index in [0.717, 1.165) is 38.5 Å². The summed E-state index contributed by atoms with van der Waals surface area (Å²) in [4.78, 5) is 2.45. The lowest BCUT2D eigenvalue weighted by atomic mass is 10.2. The molecule has 1 fully saturated rings. The third kappa shape index (κ3) is 4.15. The summed E-state index contributed by atoms with van der Waals surface area (Å²) < 4.78 is 11.0. The average molecular weight is 238 g/mol. The first kappa shape index (κ1) is 12.6. The third-order valence-electron chi connectivity index (χ3n) is 2.98. The second kappa shape index (κ2) is 6.19. The summed E-state index contributed by atoms with van der Waals surface area (Å²) in [5.74, 6) is 0.994. The molecule has 0 unspecified atom stereocenters. The molecule has 96 valence electrons. The highest BCUT2D eigenvalue weighted by atomic mass is 16.5. The van der Waals surface area contributed by atoms with Gasteiger partial charge in [-0.1, -0.05) is 0 Å². The number of hydrogen-bond acceptors (Lipinski definition) is 4. The highest BCUT2D eigenvalue weighted by molar-refractivity contribution is 4.97. The Morgan fingerprint density at radius 3 is 2.76 bits per heavy atom. The van der Waals surface area contributed by atoms with Crippen LogP contribution in [0.25, 0.3) is 0 Å². The lowest BCUT2D eigenvalue weighted by molar-refractivity contribution is -0.0674. The molecular formula is C13H22N2O2. The van der Waals surface area contributed by atoms with Gasteiger partial charge in [0.25, 0.3) is 0 Å².